The summed E-state index contributed by atoms with van der Waals surface area (Å²) < 4.78 is 36.0. The van der Waals surface area contributed by atoms with Crippen LogP contribution >= 0.6 is 0 Å². The van der Waals surface area contributed by atoms with Crippen molar-refractivity contribution in [3.05, 3.63) is 42.0 Å². The lowest BCUT2D eigenvalue weighted by atomic mass is 10.1. The number of halogens is 3. The summed E-state index contributed by atoms with van der Waals surface area (Å²) in [6.45, 7) is -0.490. The third-order valence-electron chi connectivity index (χ3n) is 2.80. The highest BCUT2D eigenvalue weighted by atomic mass is 19.4. The van der Waals surface area contributed by atoms with Crippen molar-refractivity contribution in [1.29, 1.82) is 0 Å². The topological polar surface area (TPSA) is 49.3 Å². The number of carbonyl (C=O) groups is 1. The lowest BCUT2D eigenvalue weighted by Gasteiger charge is -2.09. The normalized spacial score (nSPS) is 11.6. The zero-order valence-electron chi connectivity index (χ0n) is 10.4. The predicted molar refractivity (Wildman–Crippen MR) is 68.6 cm³/mol. The fourth-order valence-corrected chi connectivity index (χ4v) is 1.84. The van der Waals surface area contributed by atoms with Crippen LogP contribution in [0.25, 0.3) is 10.8 Å². The van der Waals surface area contributed by atoms with Crippen LogP contribution in [0.1, 0.15) is 16.8 Å². The van der Waals surface area contributed by atoms with Gasteiger partial charge < -0.3 is 10.4 Å². The van der Waals surface area contributed by atoms with Crippen LogP contribution in [0.3, 0.4) is 0 Å². The van der Waals surface area contributed by atoms with Gasteiger partial charge in [-0.15, -0.1) is 0 Å². The van der Waals surface area contributed by atoms with Crippen LogP contribution in [0.2, 0.25) is 0 Å². The monoisotopic (exact) mass is 283 g/mol. The van der Waals surface area contributed by atoms with Gasteiger partial charge in [-0.2, -0.15) is 13.2 Å². The number of hydrogen-bond acceptors (Lipinski definition) is 2. The van der Waals surface area contributed by atoms with Crippen molar-refractivity contribution >= 4 is 16.7 Å². The largest absolute Gasteiger partial charge is 0.507 e. The Morgan fingerprint density at radius 1 is 1.20 bits per heavy atom. The van der Waals surface area contributed by atoms with Crippen LogP contribution in [0, 0.1) is 0 Å². The van der Waals surface area contributed by atoms with E-state index in [2.05, 4.69) is 5.32 Å². The van der Waals surface area contributed by atoms with Gasteiger partial charge in [0.25, 0.3) is 5.91 Å². The maximum atomic E-state index is 12.0. The van der Waals surface area contributed by atoms with Gasteiger partial charge >= 0.3 is 6.18 Å². The van der Waals surface area contributed by atoms with Crippen LogP contribution in [0.15, 0.2) is 36.4 Å². The van der Waals surface area contributed by atoms with Crippen molar-refractivity contribution in [2.45, 2.75) is 12.6 Å². The molecule has 6 heteroatoms. The summed E-state index contributed by atoms with van der Waals surface area (Å²) in [5, 5.41) is 13.2. The zero-order chi connectivity index (χ0) is 14.8. The lowest BCUT2D eigenvalue weighted by Crippen LogP contribution is -2.27. The molecule has 0 saturated heterocycles. The molecule has 2 rings (SSSR count). The number of hydrogen-bond donors (Lipinski definition) is 2. The van der Waals surface area contributed by atoms with Crippen molar-refractivity contribution in [3.63, 3.8) is 0 Å². The first-order chi connectivity index (χ1) is 9.37. The smallest absolute Gasteiger partial charge is 0.390 e. The Labute approximate surface area is 113 Å². The molecular formula is C14H12F3NO2. The summed E-state index contributed by atoms with van der Waals surface area (Å²) in [6, 6.07) is 9.65. The van der Waals surface area contributed by atoms with E-state index in [-0.39, 0.29) is 11.3 Å². The SMILES string of the molecule is O=C(NCCC(F)(F)F)c1cc(O)c2ccccc2c1. The molecule has 106 valence electrons. The first kappa shape index (κ1) is 14.2. The van der Waals surface area contributed by atoms with Crippen LogP contribution in [0.5, 0.6) is 5.75 Å². The van der Waals surface area contributed by atoms with Crippen molar-refractivity contribution in [3.8, 4) is 5.75 Å². The lowest BCUT2D eigenvalue weighted by molar-refractivity contribution is -0.132. The van der Waals surface area contributed by atoms with E-state index >= 15 is 0 Å². The molecule has 0 aromatic heterocycles. The van der Waals surface area contributed by atoms with E-state index in [1.165, 1.54) is 12.1 Å². The number of phenolic OH excluding ortho intramolecular Hbond substituents is 1. The van der Waals surface area contributed by atoms with Gasteiger partial charge in [-0.25, -0.2) is 0 Å². The highest BCUT2D eigenvalue weighted by Crippen LogP contribution is 2.26. The Morgan fingerprint density at radius 3 is 2.60 bits per heavy atom. The molecule has 0 aliphatic carbocycles. The van der Waals surface area contributed by atoms with Gasteiger partial charge in [0.05, 0.1) is 6.42 Å². The number of benzene rings is 2. The van der Waals surface area contributed by atoms with Crippen LogP contribution in [-0.4, -0.2) is 23.7 Å². The summed E-state index contributed by atoms with van der Waals surface area (Å²) in [6.07, 6.45) is -5.39. The number of aromatic hydroxyl groups is 1. The molecule has 0 spiro atoms. The van der Waals surface area contributed by atoms with E-state index < -0.39 is 25.0 Å². The molecule has 0 radical (unpaired) electrons. The van der Waals surface area contributed by atoms with E-state index in [0.717, 1.165) is 0 Å². The van der Waals surface area contributed by atoms with E-state index in [4.69, 9.17) is 0 Å². The molecule has 2 N–H and O–H groups in total. The fourth-order valence-electron chi connectivity index (χ4n) is 1.84. The van der Waals surface area contributed by atoms with Crippen LogP contribution in [0.4, 0.5) is 13.2 Å². The van der Waals surface area contributed by atoms with E-state index in [0.29, 0.717) is 10.8 Å². The fraction of sp³-hybridized carbons (Fsp3) is 0.214. The highest BCUT2D eigenvalue weighted by Gasteiger charge is 2.26. The second kappa shape index (κ2) is 5.40. The van der Waals surface area contributed by atoms with E-state index in [9.17, 15) is 23.1 Å². The zero-order valence-corrected chi connectivity index (χ0v) is 10.4. The summed E-state index contributed by atoms with van der Waals surface area (Å²) in [5.74, 6) is -0.723. The molecule has 0 bridgehead atoms. The molecule has 0 aliphatic rings. The molecule has 0 atom stereocenters. The molecule has 20 heavy (non-hydrogen) atoms. The maximum Gasteiger partial charge on any atom is 0.390 e. The molecule has 0 fully saturated rings. The molecule has 0 unspecified atom stereocenters. The van der Waals surface area contributed by atoms with Gasteiger partial charge in [-0.1, -0.05) is 24.3 Å². The van der Waals surface area contributed by atoms with Gasteiger partial charge in [-0.05, 0) is 17.5 Å². The Kier molecular flexibility index (Phi) is 3.83. The molecule has 0 aliphatic heterocycles. The quantitative estimate of drug-likeness (QED) is 0.908. The second-order valence-electron chi connectivity index (χ2n) is 4.34. The average Bonchev–Trinajstić information content (AvgIpc) is 2.37. The number of phenols is 1. The third kappa shape index (κ3) is 3.40. The number of fused-ring (bicyclic) bond motifs is 1. The molecule has 0 saturated carbocycles. The molecule has 2 aromatic carbocycles. The molecule has 0 heterocycles. The van der Waals surface area contributed by atoms with E-state index in [1.807, 2.05) is 0 Å². The average molecular weight is 283 g/mol. The minimum Gasteiger partial charge on any atom is -0.507 e. The third-order valence-corrected chi connectivity index (χ3v) is 2.80. The van der Waals surface area contributed by atoms with E-state index in [1.54, 1.807) is 24.3 Å². The molecule has 3 nitrogen and oxygen atoms in total. The van der Waals surface area contributed by atoms with Crippen molar-refractivity contribution in [2.24, 2.45) is 0 Å². The summed E-state index contributed by atoms with van der Waals surface area (Å²) in [7, 11) is 0. The number of alkyl halides is 3. The van der Waals surface area contributed by atoms with Crippen molar-refractivity contribution in [1.82, 2.24) is 5.32 Å². The second-order valence-corrected chi connectivity index (χ2v) is 4.34. The first-order valence-electron chi connectivity index (χ1n) is 5.93. The summed E-state index contributed by atoms with van der Waals surface area (Å²) >= 11 is 0. The number of carbonyl (C=O) groups excluding carboxylic acids is 1. The Hall–Kier alpha value is -2.24. The first-order valence-corrected chi connectivity index (χ1v) is 5.93. The predicted octanol–water partition coefficient (Wildman–Crippen LogP) is 3.23. The van der Waals surface area contributed by atoms with Gasteiger partial charge in [-0.3, -0.25) is 4.79 Å². The van der Waals surface area contributed by atoms with Gasteiger partial charge in [0.1, 0.15) is 5.75 Å². The molecule has 2 aromatic rings. The van der Waals surface area contributed by atoms with Crippen molar-refractivity contribution in [2.75, 3.05) is 6.54 Å². The Balaban J connectivity index is 2.14. The Morgan fingerprint density at radius 2 is 1.90 bits per heavy atom. The van der Waals surface area contributed by atoms with Gasteiger partial charge in [0.15, 0.2) is 0 Å². The number of nitrogens with one attached hydrogen (secondary N) is 1. The van der Waals surface area contributed by atoms with Crippen LogP contribution < -0.4 is 5.32 Å². The summed E-state index contributed by atoms with van der Waals surface area (Å²) in [5.41, 5.74) is 0.128. The van der Waals surface area contributed by atoms with Gasteiger partial charge in [0.2, 0.25) is 0 Å². The standard InChI is InChI=1S/C14H12F3NO2/c15-14(16,17)5-6-18-13(20)10-7-9-3-1-2-4-11(9)12(19)8-10/h1-4,7-8,19H,5-6H2,(H,18,20). The summed E-state index contributed by atoms with van der Waals surface area (Å²) in [4.78, 5) is 11.7. The number of rotatable bonds is 3. The minimum atomic E-state index is -4.31. The maximum absolute atomic E-state index is 12.0. The van der Waals surface area contributed by atoms with Crippen molar-refractivity contribution < 1.29 is 23.1 Å². The van der Waals surface area contributed by atoms with Gasteiger partial charge in [0, 0.05) is 17.5 Å². The highest BCUT2D eigenvalue weighted by molar-refractivity contribution is 6.00. The Bertz CT molecular complexity index is 638. The number of amides is 1. The molecule has 1 amide bonds. The van der Waals surface area contributed by atoms with Crippen LogP contribution in [-0.2, 0) is 0 Å². The molecular weight excluding hydrogens is 271 g/mol. The minimum absolute atomic E-state index is 0.0796.